The van der Waals surface area contributed by atoms with Crippen molar-refractivity contribution in [2.75, 3.05) is 0 Å². The molecule has 3 rings (SSSR count). The molecule has 0 unspecified atom stereocenters. The van der Waals surface area contributed by atoms with Crippen molar-refractivity contribution in [2.45, 2.75) is 51.2 Å². The van der Waals surface area contributed by atoms with E-state index < -0.39 is 5.60 Å². The third kappa shape index (κ3) is 2.57. The summed E-state index contributed by atoms with van der Waals surface area (Å²) < 4.78 is 5.48. The van der Waals surface area contributed by atoms with Gasteiger partial charge in [-0.3, -0.25) is 0 Å². The van der Waals surface area contributed by atoms with Crippen LogP contribution in [-0.2, 0) is 16.7 Å². The van der Waals surface area contributed by atoms with Crippen LogP contribution in [-0.4, -0.2) is 11.7 Å². The molecule has 0 saturated carbocycles. The fourth-order valence-electron chi connectivity index (χ4n) is 3.59. The van der Waals surface area contributed by atoms with E-state index in [9.17, 15) is 4.79 Å². The average Bonchev–Trinajstić information content (AvgIpc) is 2.70. The second-order valence-corrected chi connectivity index (χ2v) is 7.07. The number of carbonyl (C=O) groups excluding carboxylic acids is 1. The van der Waals surface area contributed by atoms with Crippen molar-refractivity contribution in [3.05, 3.63) is 47.5 Å². The number of ether oxygens (including phenoxy) is 1. The zero-order chi connectivity index (χ0) is 15.1. The van der Waals surface area contributed by atoms with Crippen molar-refractivity contribution in [3.63, 3.8) is 0 Å². The first-order valence-corrected chi connectivity index (χ1v) is 7.65. The number of allylic oxidation sites excluding steroid dienone is 1. The summed E-state index contributed by atoms with van der Waals surface area (Å²) in [6.07, 6.45) is 6.95. The van der Waals surface area contributed by atoms with Gasteiger partial charge in [0.25, 0.3) is 0 Å². The molecular formula is C18H23NO2. The highest BCUT2D eigenvalue weighted by Crippen LogP contribution is 2.47. The zero-order valence-corrected chi connectivity index (χ0v) is 13.0. The molecule has 2 atom stereocenters. The maximum atomic E-state index is 12.3. The van der Waals surface area contributed by atoms with Gasteiger partial charge in [-0.2, -0.15) is 0 Å². The predicted molar refractivity (Wildman–Crippen MR) is 83.1 cm³/mol. The van der Waals surface area contributed by atoms with Gasteiger partial charge in [0.2, 0.25) is 0 Å². The monoisotopic (exact) mass is 285 g/mol. The van der Waals surface area contributed by atoms with Crippen molar-refractivity contribution in [2.24, 2.45) is 5.92 Å². The van der Waals surface area contributed by atoms with Crippen LogP contribution in [0.25, 0.3) is 0 Å². The molecule has 1 aromatic carbocycles. The molecule has 0 aromatic heterocycles. The number of hydrogen-bond donors (Lipinski definition) is 1. The molecule has 0 radical (unpaired) electrons. The van der Waals surface area contributed by atoms with Crippen molar-refractivity contribution >= 4 is 6.09 Å². The fraction of sp³-hybridized carbons (Fsp3) is 0.500. The number of benzene rings is 1. The highest BCUT2D eigenvalue weighted by Gasteiger charge is 2.48. The number of rotatable bonds is 1. The molecule has 112 valence electrons. The summed E-state index contributed by atoms with van der Waals surface area (Å²) in [5, 5.41) is 3.19. The molecule has 0 saturated heterocycles. The minimum atomic E-state index is -0.473. The molecule has 1 amide bonds. The van der Waals surface area contributed by atoms with Crippen LogP contribution >= 0.6 is 0 Å². The second-order valence-electron chi connectivity index (χ2n) is 7.07. The SMILES string of the molecule is CC(C)(C)OC(=O)N[C@]12CC=CC[C@H]1Cc1ccccc12. The molecule has 0 aliphatic heterocycles. The van der Waals surface area contributed by atoms with Crippen LogP contribution < -0.4 is 5.32 Å². The summed E-state index contributed by atoms with van der Waals surface area (Å²) in [6.45, 7) is 5.68. The molecule has 0 bridgehead atoms. The summed E-state index contributed by atoms with van der Waals surface area (Å²) in [7, 11) is 0. The van der Waals surface area contributed by atoms with Crippen molar-refractivity contribution < 1.29 is 9.53 Å². The predicted octanol–water partition coefficient (Wildman–Crippen LogP) is 3.93. The van der Waals surface area contributed by atoms with Gasteiger partial charge in [0.05, 0.1) is 5.54 Å². The second kappa shape index (κ2) is 4.90. The minimum absolute atomic E-state index is 0.298. The number of fused-ring (bicyclic) bond motifs is 3. The van der Waals surface area contributed by atoms with E-state index in [1.165, 1.54) is 11.1 Å². The van der Waals surface area contributed by atoms with E-state index in [1.54, 1.807) is 0 Å². The molecule has 21 heavy (non-hydrogen) atoms. The van der Waals surface area contributed by atoms with Crippen molar-refractivity contribution in [3.8, 4) is 0 Å². The van der Waals surface area contributed by atoms with Crippen LogP contribution in [0.2, 0.25) is 0 Å². The van der Waals surface area contributed by atoms with Gasteiger partial charge in [-0.25, -0.2) is 4.79 Å². The van der Waals surface area contributed by atoms with Gasteiger partial charge < -0.3 is 10.1 Å². The molecule has 3 heteroatoms. The van der Waals surface area contributed by atoms with Crippen molar-refractivity contribution in [1.82, 2.24) is 5.32 Å². The molecule has 3 nitrogen and oxygen atoms in total. The lowest BCUT2D eigenvalue weighted by Gasteiger charge is -2.39. The first kappa shape index (κ1) is 14.2. The lowest BCUT2D eigenvalue weighted by molar-refractivity contribution is 0.0409. The molecule has 2 aliphatic rings. The van der Waals surface area contributed by atoms with Gasteiger partial charge in [0.1, 0.15) is 5.60 Å². The largest absolute Gasteiger partial charge is 0.444 e. The fourth-order valence-corrected chi connectivity index (χ4v) is 3.59. The van der Waals surface area contributed by atoms with Gasteiger partial charge >= 0.3 is 6.09 Å². The molecule has 0 spiro atoms. The zero-order valence-electron chi connectivity index (χ0n) is 13.0. The van der Waals surface area contributed by atoms with Gasteiger partial charge in [-0.05, 0) is 57.1 Å². The first-order valence-electron chi connectivity index (χ1n) is 7.65. The molecule has 1 N–H and O–H groups in total. The smallest absolute Gasteiger partial charge is 0.408 e. The lowest BCUT2D eigenvalue weighted by Crippen LogP contribution is -2.51. The first-order chi connectivity index (χ1) is 9.91. The Morgan fingerprint density at radius 3 is 2.81 bits per heavy atom. The van der Waals surface area contributed by atoms with Crippen LogP contribution in [0, 0.1) is 5.92 Å². The molecule has 2 aliphatic carbocycles. The van der Waals surface area contributed by atoms with Gasteiger partial charge in [-0.15, -0.1) is 0 Å². The van der Waals surface area contributed by atoms with Crippen LogP contribution in [0.15, 0.2) is 36.4 Å². The number of nitrogens with one attached hydrogen (secondary N) is 1. The summed E-state index contributed by atoms with van der Waals surface area (Å²) in [5.74, 6) is 0.424. The highest BCUT2D eigenvalue weighted by molar-refractivity contribution is 5.70. The molecule has 1 aromatic rings. The van der Waals surface area contributed by atoms with Gasteiger partial charge in [0, 0.05) is 0 Å². The summed E-state index contributed by atoms with van der Waals surface area (Å²) in [4.78, 5) is 12.3. The Labute approximate surface area is 126 Å². The Kier molecular flexibility index (Phi) is 3.31. The van der Waals surface area contributed by atoms with E-state index in [2.05, 4.69) is 41.7 Å². The number of alkyl carbamates (subject to hydrolysis) is 1. The Hall–Kier alpha value is -1.77. The quantitative estimate of drug-likeness (QED) is 0.794. The third-order valence-corrected chi connectivity index (χ3v) is 4.41. The highest BCUT2D eigenvalue weighted by atomic mass is 16.6. The van der Waals surface area contributed by atoms with Crippen LogP contribution in [0.3, 0.4) is 0 Å². The van der Waals surface area contributed by atoms with E-state index >= 15 is 0 Å². The molecular weight excluding hydrogens is 262 g/mol. The number of carbonyl (C=O) groups is 1. The standard InChI is InChI=1S/C18H23NO2/c1-17(2,3)21-16(20)19-18-11-7-6-9-14(18)12-13-8-4-5-10-15(13)18/h4-8,10,14H,9,11-12H2,1-3H3,(H,19,20)/t14-,18+/m0/s1. The molecule has 0 heterocycles. The Morgan fingerprint density at radius 1 is 1.29 bits per heavy atom. The van der Waals surface area contributed by atoms with E-state index in [4.69, 9.17) is 4.74 Å². The van der Waals surface area contributed by atoms with E-state index in [-0.39, 0.29) is 11.6 Å². The maximum absolute atomic E-state index is 12.3. The van der Waals surface area contributed by atoms with Gasteiger partial charge in [0.15, 0.2) is 0 Å². The lowest BCUT2D eigenvalue weighted by atomic mass is 9.76. The average molecular weight is 285 g/mol. The maximum Gasteiger partial charge on any atom is 0.408 e. The van der Waals surface area contributed by atoms with Crippen LogP contribution in [0.1, 0.15) is 44.7 Å². The Balaban J connectivity index is 1.92. The Bertz CT molecular complexity index is 585. The van der Waals surface area contributed by atoms with E-state index in [1.807, 2.05) is 20.8 Å². The number of amides is 1. The van der Waals surface area contributed by atoms with E-state index in [0.29, 0.717) is 5.92 Å². The molecule has 0 fully saturated rings. The summed E-state index contributed by atoms with van der Waals surface area (Å²) in [5.41, 5.74) is 1.83. The topological polar surface area (TPSA) is 38.3 Å². The minimum Gasteiger partial charge on any atom is -0.444 e. The van der Waals surface area contributed by atoms with Crippen LogP contribution in [0.4, 0.5) is 4.79 Å². The van der Waals surface area contributed by atoms with Crippen LogP contribution in [0.5, 0.6) is 0 Å². The Morgan fingerprint density at radius 2 is 2.05 bits per heavy atom. The van der Waals surface area contributed by atoms with Gasteiger partial charge in [-0.1, -0.05) is 36.4 Å². The summed E-state index contributed by atoms with van der Waals surface area (Å²) >= 11 is 0. The van der Waals surface area contributed by atoms with E-state index in [0.717, 1.165) is 19.3 Å². The normalized spacial score (nSPS) is 26.9. The summed E-state index contributed by atoms with van der Waals surface area (Å²) in [6, 6.07) is 8.45. The number of hydrogen-bond acceptors (Lipinski definition) is 2. The third-order valence-electron chi connectivity index (χ3n) is 4.41. The van der Waals surface area contributed by atoms with Crippen molar-refractivity contribution in [1.29, 1.82) is 0 Å².